The predicted octanol–water partition coefficient (Wildman–Crippen LogP) is 0.167. The highest BCUT2D eigenvalue weighted by atomic mass is 32.2. The molecular formula is C11H19NO4S. The molecule has 0 aromatic rings. The van der Waals surface area contributed by atoms with Gasteiger partial charge in [-0.3, -0.25) is 13.8 Å². The van der Waals surface area contributed by atoms with Crippen molar-refractivity contribution in [3.8, 4) is 0 Å². The first-order chi connectivity index (χ1) is 8.04. The molecular weight excluding hydrogens is 242 g/mol. The van der Waals surface area contributed by atoms with E-state index in [9.17, 15) is 13.8 Å². The number of amides is 1. The number of methoxy groups -OCH3 is 1. The smallest absolute Gasteiger partial charge is 0.309 e. The minimum atomic E-state index is -1.29. The Morgan fingerprint density at radius 3 is 2.47 bits per heavy atom. The van der Waals surface area contributed by atoms with Crippen LogP contribution in [0, 0.1) is 5.92 Å². The average Bonchev–Trinajstić information content (AvgIpc) is 2.80. The van der Waals surface area contributed by atoms with E-state index in [1.54, 1.807) is 11.8 Å². The van der Waals surface area contributed by atoms with E-state index in [0.717, 1.165) is 25.9 Å². The van der Waals surface area contributed by atoms with Crippen LogP contribution in [-0.2, 0) is 25.1 Å². The highest BCUT2D eigenvalue weighted by Crippen LogP contribution is 2.09. The first-order valence-corrected chi connectivity index (χ1v) is 7.24. The maximum atomic E-state index is 11.7. The van der Waals surface area contributed by atoms with Crippen LogP contribution in [0.15, 0.2) is 0 Å². The number of ether oxygens (including phenoxy) is 1. The summed E-state index contributed by atoms with van der Waals surface area (Å²) in [5.41, 5.74) is 0. The van der Waals surface area contributed by atoms with Gasteiger partial charge in [-0.25, -0.2) is 0 Å². The number of hydrogen-bond donors (Lipinski definition) is 0. The number of likely N-dealkylation sites (tertiary alicyclic amines) is 1. The van der Waals surface area contributed by atoms with Gasteiger partial charge in [-0.2, -0.15) is 0 Å². The molecule has 1 aliphatic rings. The number of esters is 1. The van der Waals surface area contributed by atoms with Gasteiger partial charge in [0.05, 0.1) is 13.0 Å². The molecule has 6 heteroatoms. The quantitative estimate of drug-likeness (QED) is 0.662. The van der Waals surface area contributed by atoms with Crippen LogP contribution in [0.1, 0.15) is 19.8 Å². The molecule has 0 bridgehead atoms. The summed E-state index contributed by atoms with van der Waals surface area (Å²) in [6, 6.07) is 0. The van der Waals surface area contributed by atoms with Crippen molar-refractivity contribution in [2.75, 3.05) is 31.7 Å². The summed E-state index contributed by atoms with van der Waals surface area (Å²) in [5.74, 6) is -0.676. The zero-order valence-electron chi connectivity index (χ0n) is 10.3. The first-order valence-electron chi connectivity index (χ1n) is 5.75. The maximum absolute atomic E-state index is 11.7. The fraction of sp³-hybridized carbons (Fsp3) is 0.818. The second-order valence-corrected chi connectivity index (χ2v) is 5.76. The van der Waals surface area contributed by atoms with Crippen LogP contribution >= 0.6 is 0 Å². The Balaban J connectivity index is 2.33. The summed E-state index contributed by atoms with van der Waals surface area (Å²) in [4.78, 5) is 24.6. The summed E-state index contributed by atoms with van der Waals surface area (Å²) < 4.78 is 16.2. The summed E-state index contributed by atoms with van der Waals surface area (Å²) in [6.45, 7) is 3.19. The van der Waals surface area contributed by atoms with Crippen molar-refractivity contribution < 1.29 is 18.5 Å². The van der Waals surface area contributed by atoms with E-state index in [4.69, 9.17) is 0 Å². The molecule has 1 fully saturated rings. The van der Waals surface area contributed by atoms with Gasteiger partial charge in [0, 0.05) is 29.6 Å². The molecule has 98 valence electrons. The highest BCUT2D eigenvalue weighted by Gasteiger charge is 2.22. The Bertz CT molecular complexity index is 313. The minimum Gasteiger partial charge on any atom is -0.469 e. The van der Waals surface area contributed by atoms with Gasteiger partial charge in [-0.05, 0) is 12.8 Å². The summed E-state index contributed by atoms with van der Waals surface area (Å²) in [7, 11) is 0.0123. The fourth-order valence-electron chi connectivity index (χ4n) is 1.80. The average molecular weight is 261 g/mol. The lowest BCUT2D eigenvalue weighted by Crippen LogP contribution is -2.33. The summed E-state index contributed by atoms with van der Waals surface area (Å²) >= 11 is 0. The predicted molar refractivity (Wildman–Crippen MR) is 64.9 cm³/mol. The molecule has 1 heterocycles. The molecule has 0 aliphatic carbocycles. The molecule has 0 N–H and O–H groups in total. The number of hydrogen-bond acceptors (Lipinski definition) is 4. The van der Waals surface area contributed by atoms with Gasteiger partial charge >= 0.3 is 5.97 Å². The number of carbonyl (C=O) groups is 2. The summed E-state index contributed by atoms with van der Waals surface area (Å²) in [5, 5.41) is 0. The molecule has 0 saturated carbocycles. The lowest BCUT2D eigenvalue weighted by atomic mass is 10.2. The Morgan fingerprint density at radius 1 is 1.35 bits per heavy atom. The Labute approximate surface area is 104 Å². The lowest BCUT2D eigenvalue weighted by Gasteiger charge is -2.15. The third kappa shape index (κ3) is 4.46. The molecule has 0 aromatic carbocycles. The SMILES string of the molecule is COC(=O)C(C)CS(=O)CC(=O)N1CCCC1. The van der Waals surface area contributed by atoms with Gasteiger partial charge in [0.1, 0.15) is 5.75 Å². The van der Waals surface area contributed by atoms with E-state index in [1.807, 2.05) is 0 Å². The van der Waals surface area contributed by atoms with Crippen molar-refractivity contribution in [3.63, 3.8) is 0 Å². The third-order valence-electron chi connectivity index (χ3n) is 2.78. The minimum absolute atomic E-state index is 0.0152. The van der Waals surface area contributed by atoms with Crippen LogP contribution in [-0.4, -0.2) is 52.7 Å². The van der Waals surface area contributed by atoms with Crippen molar-refractivity contribution in [2.24, 2.45) is 5.92 Å². The standard InChI is InChI=1S/C11H19NO4S/c1-9(11(14)16-2)7-17(15)8-10(13)12-5-3-4-6-12/h9H,3-8H2,1-2H3. The van der Waals surface area contributed by atoms with Crippen LogP contribution in [0.4, 0.5) is 0 Å². The molecule has 2 unspecified atom stereocenters. The number of rotatable bonds is 5. The van der Waals surface area contributed by atoms with E-state index in [0.29, 0.717) is 0 Å². The third-order valence-corrected chi connectivity index (χ3v) is 4.22. The molecule has 2 atom stereocenters. The van der Waals surface area contributed by atoms with E-state index < -0.39 is 16.7 Å². The number of nitrogens with zero attached hydrogens (tertiary/aromatic N) is 1. The molecule has 1 saturated heterocycles. The van der Waals surface area contributed by atoms with E-state index in [-0.39, 0.29) is 23.4 Å². The van der Waals surface area contributed by atoms with Gasteiger partial charge in [0.25, 0.3) is 0 Å². The zero-order valence-corrected chi connectivity index (χ0v) is 11.1. The molecule has 17 heavy (non-hydrogen) atoms. The van der Waals surface area contributed by atoms with Crippen molar-refractivity contribution in [3.05, 3.63) is 0 Å². The monoisotopic (exact) mass is 261 g/mol. The van der Waals surface area contributed by atoms with Gasteiger partial charge < -0.3 is 9.64 Å². The molecule has 1 rings (SSSR count). The lowest BCUT2D eigenvalue weighted by molar-refractivity contribution is -0.144. The fourth-order valence-corrected chi connectivity index (χ4v) is 3.07. The largest absolute Gasteiger partial charge is 0.469 e. The maximum Gasteiger partial charge on any atom is 0.309 e. The Kier molecular flexibility index (Phi) is 5.61. The van der Waals surface area contributed by atoms with Crippen molar-refractivity contribution in [2.45, 2.75) is 19.8 Å². The van der Waals surface area contributed by atoms with Crippen LogP contribution in [0.2, 0.25) is 0 Å². The highest BCUT2D eigenvalue weighted by molar-refractivity contribution is 7.85. The van der Waals surface area contributed by atoms with Gasteiger partial charge in [-0.15, -0.1) is 0 Å². The van der Waals surface area contributed by atoms with Crippen LogP contribution in [0.25, 0.3) is 0 Å². The second-order valence-electron chi connectivity index (χ2n) is 4.26. The number of carbonyl (C=O) groups excluding carboxylic acids is 2. The van der Waals surface area contributed by atoms with Crippen LogP contribution in [0.5, 0.6) is 0 Å². The van der Waals surface area contributed by atoms with E-state index in [2.05, 4.69) is 4.74 Å². The van der Waals surface area contributed by atoms with Crippen molar-refractivity contribution in [1.82, 2.24) is 4.90 Å². The molecule has 0 spiro atoms. The first kappa shape index (κ1) is 14.2. The normalized spacial score (nSPS) is 18.8. The van der Waals surface area contributed by atoms with E-state index >= 15 is 0 Å². The van der Waals surface area contributed by atoms with Gasteiger partial charge in [-0.1, -0.05) is 6.92 Å². The van der Waals surface area contributed by atoms with Gasteiger partial charge in [0.15, 0.2) is 0 Å². The summed E-state index contributed by atoms with van der Waals surface area (Å²) in [6.07, 6.45) is 2.05. The van der Waals surface area contributed by atoms with Crippen LogP contribution in [0.3, 0.4) is 0 Å². The van der Waals surface area contributed by atoms with Crippen LogP contribution < -0.4 is 0 Å². The topological polar surface area (TPSA) is 63.7 Å². The van der Waals surface area contributed by atoms with Gasteiger partial charge in [0.2, 0.25) is 5.91 Å². The molecule has 1 amide bonds. The van der Waals surface area contributed by atoms with Crippen molar-refractivity contribution >= 4 is 22.7 Å². The molecule has 1 aliphatic heterocycles. The Morgan fingerprint density at radius 2 is 1.94 bits per heavy atom. The molecule has 0 aromatic heterocycles. The van der Waals surface area contributed by atoms with Crippen molar-refractivity contribution in [1.29, 1.82) is 0 Å². The van der Waals surface area contributed by atoms with E-state index in [1.165, 1.54) is 7.11 Å². The second kappa shape index (κ2) is 6.74. The molecule has 5 nitrogen and oxygen atoms in total. The molecule has 0 radical (unpaired) electrons. The zero-order chi connectivity index (χ0) is 12.8. The Hall–Kier alpha value is -0.910.